The zero-order valence-electron chi connectivity index (χ0n) is 12.0. The molecule has 1 unspecified atom stereocenters. The Kier molecular flexibility index (Phi) is 5.75. The van der Waals surface area contributed by atoms with Crippen LogP contribution in [0.5, 0.6) is 0 Å². The quantitative estimate of drug-likeness (QED) is 0.896. The number of aliphatic hydroxyl groups is 1. The van der Waals surface area contributed by atoms with E-state index in [9.17, 15) is 9.18 Å². The van der Waals surface area contributed by atoms with Gasteiger partial charge in [-0.3, -0.25) is 0 Å². The van der Waals surface area contributed by atoms with Gasteiger partial charge in [0.25, 0.3) is 0 Å². The molecule has 0 aliphatic carbocycles. The van der Waals surface area contributed by atoms with Crippen LogP contribution in [0.2, 0.25) is 0 Å². The fourth-order valence-electron chi connectivity index (χ4n) is 2.58. The normalized spacial score (nSPS) is 19.0. The SMILES string of the molecule is O=C(N/C=C/c1ccc(F)cc1)N1CCCCC1CCO. The monoisotopic (exact) mass is 292 g/mol. The second-order valence-electron chi connectivity index (χ2n) is 5.19. The third-order valence-corrected chi connectivity index (χ3v) is 3.70. The summed E-state index contributed by atoms with van der Waals surface area (Å²) in [4.78, 5) is 13.9. The van der Waals surface area contributed by atoms with E-state index in [0.717, 1.165) is 31.4 Å². The molecule has 2 rings (SSSR count). The molecular formula is C16H21FN2O2. The number of nitrogens with zero attached hydrogens (tertiary/aromatic N) is 1. The lowest BCUT2D eigenvalue weighted by Crippen LogP contribution is -2.47. The minimum absolute atomic E-state index is 0.0971. The summed E-state index contributed by atoms with van der Waals surface area (Å²) >= 11 is 0. The molecule has 2 amide bonds. The molecule has 1 atom stereocenters. The minimum Gasteiger partial charge on any atom is -0.396 e. The number of hydrogen-bond donors (Lipinski definition) is 2. The Bertz CT molecular complexity index is 486. The predicted molar refractivity (Wildman–Crippen MR) is 80.0 cm³/mol. The van der Waals surface area contributed by atoms with Gasteiger partial charge in [-0.25, -0.2) is 9.18 Å². The summed E-state index contributed by atoms with van der Waals surface area (Å²) in [5, 5.41) is 11.8. The van der Waals surface area contributed by atoms with Gasteiger partial charge < -0.3 is 15.3 Å². The second kappa shape index (κ2) is 7.78. The molecule has 0 aromatic heterocycles. The average Bonchev–Trinajstić information content (AvgIpc) is 2.50. The number of piperidine rings is 1. The van der Waals surface area contributed by atoms with E-state index in [1.165, 1.54) is 12.1 Å². The number of benzene rings is 1. The van der Waals surface area contributed by atoms with Crippen LogP contribution in [0.1, 0.15) is 31.2 Å². The van der Waals surface area contributed by atoms with Gasteiger partial charge in [0, 0.05) is 25.4 Å². The third-order valence-electron chi connectivity index (χ3n) is 3.70. The minimum atomic E-state index is -0.281. The zero-order chi connectivity index (χ0) is 15.1. The van der Waals surface area contributed by atoms with E-state index in [0.29, 0.717) is 6.42 Å². The molecule has 0 saturated carbocycles. The molecule has 4 nitrogen and oxygen atoms in total. The standard InChI is InChI=1S/C16H21FN2O2/c17-14-6-4-13(5-7-14)8-10-18-16(21)19-11-2-1-3-15(19)9-12-20/h4-8,10,15,20H,1-3,9,11-12H2,(H,18,21)/b10-8+. The number of carbonyl (C=O) groups excluding carboxylic acids is 1. The maximum absolute atomic E-state index is 12.8. The van der Waals surface area contributed by atoms with E-state index in [1.54, 1.807) is 29.3 Å². The van der Waals surface area contributed by atoms with Crippen LogP contribution in [0.3, 0.4) is 0 Å². The van der Waals surface area contributed by atoms with Crippen LogP contribution in [0.4, 0.5) is 9.18 Å². The summed E-state index contributed by atoms with van der Waals surface area (Å²) in [6.45, 7) is 0.820. The van der Waals surface area contributed by atoms with Crippen molar-refractivity contribution in [3.63, 3.8) is 0 Å². The molecule has 1 aliphatic heterocycles. The second-order valence-corrected chi connectivity index (χ2v) is 5.19. The van der Waals surface area contributed by atoms with Gasteiger partial charge in [-0.05, 0) is 49.5 Å². The summed E-state index contributed by atoms with van der Waals surface area (Å²) in [6, 6.07) is 6.02. The van der Waals surface area contributed by atoms with E-state index < -0.39 is 0 Å². The number of carbonyl (C=O) groups is 1. The third kappa shape index (κ3) is 4.56. The molecule has 1 aromatic carbocycles. The lowest BCUT2D eigenvalue weighted by atomic mass is 10.0. The molecule has 1 aliphatic rings. The van der Waals surface area contributed by atoms with Crippen molar-refractivity contribution in [1.82, 2.24) is 10.2 Å². The first kappa shape index (κ1) is 15.5. The van der Waals surface area contributed by atoms with E-state index in [-0.39, 0.29) is 24.5 Å². The maximum Gasteiger partial charge on any atom is 0.321 e. The highest BCUT2D eigenvalue weighted by Crippen LogP contribution is 2.19. The van der Waals surface area contributed by atoms with Crippen LogP contribution < -0.4 is 5.32 Å². The van der Waals surface area contributed by atoms with Gasteiger partial charge in [0.15, 0.2) is 0 Å². The first-order chi connectivity index (χ1) is 10.2. The molecule has 0 bridgehead atoms. The molecule has 1 heterocycles. The summed E-state index contributed by atoms with van der Waals surface area (Å²) in [7, 11) is 0. The van der Waals surface area contributed by atoms with Crippen molar-refractivity contribution in [2.75, 3.05) is 13.2 Å². The van der Waals surface area contributed by atoms with Crippen LogP contribution in [-0.4, -0.2) is 35.2 Å². The first-order valence-electron chi connectivity index (χ1n) is 7.31. The van der Waals surface area contributed by atoms with Crippen molar-refractivity contribution in [2.45, 2.75) is 31.7 Å². The van der Waals surface area contributed by atoms with Crippen molar-refractivity contribution < 1.29 is 14.3 Å². The highest BCUT2D eigenvalue weighted by Gasteiger charge is 2.25. The number of urea groups is 1. The molecule has 0 spiro atoms. The number of likely N-dealkylation sites (tertiary alicyclic amines) is 1. The summed E-state index contributed by atoms with van der Waals surface area (Å²) in [5.41, 5.74) is 0.822. The molecular weight excluding hydrogens is 271 g/mol. The summed E-state index contributed by atoms with van der Waals surface area (Å²) in [5.74, 6) is -0.281. The van der Waals surface area contributed by atoms with Gasteiger partial charge in [-0.1, -0.05) is 12.1 Å². The number of amides is 2. The van der Waals surface area contributed by atoms with Crippen LogP contribution in [0, 0.1) is 5.82 Å². The Hall–Kier alpha value is -1.88. The van der Waals surface area contributed by atoms with Crippen molar-refractivity contribution in [1.29, 1.82) is 0 Å². The predicted octanol–water partition coefficient (Wildman–Crippen LogP) is 2.74. The number of hydrogen-bond acceptors (Lipinski definition) is 2. The Morgan fingerprint density at radius 3 is 2.86 bits per heavy atom. The van der Waals surface area contributed by atoms with Crippen molar-refractivity contribution in [3.05, 3.63) is 41.8 Å². The van der Waals surface area contributed by atoms with Gasteiger partial charge in [0.05, 0.1) is 0 Å². The Labute approximate surface area is 124 Å². The lowest BCUT2D eigenvalue weighted by molar-refractivity contribution is 0.134. The van der Waals surface area contributed by atoms with Crippen LogP contribution >= 0.6 is 0 Å². The van der Waals surface area contributed by atoms with Gasteiger partial charge >= 0.3 is 6.03 Å². The van der Waals surface area contributed by atoms with Gasteiger partial charge in [0.2, 0.25) is 0 Å². The number of nitrogens with one attached hydrogen (secondary N) is 1. The first-order valence-corrected chi connectivity index (χ1v) is 7.31. The topological polar surface area (TPSA) is 52.6 Å². The van der Waals surface area contributed by atoms with Gasteiger partial charge in [-0.2, -0.15) is 0 Å². The van der Waals surface area contributed by atoms with Crippen molar-refractivity contribution >= 4 is 12.1 Å². The number of aliphatic hydroxyl groups excluding tert-OH is 1. The highest BCUT2D eigenvalue weighted by molar-refractivity contribution is 5.76. The largest absolute Gasteiger partial charge is 0.396 e. The van der Waals surface area contributed by atoms with Gasteiger partial charge in [0.1, 0.15) is 5.82 Å². The zero-order valence-corrected chi connectivity index (χ0v) is 12.0. The molecule has 5 heteroatoms. The van der Waals surface area contributed by atoms with E-state index in [2.05, 4.69) is 5.32 Å². The smallest absolute Gasteiger partial charge is 0.321 e. The van der Waals surface area contributed by atoms with Gasteiger partial charge in [-0.15, -0.1) is 0 Å². The molecule has 21 heavy (non-hydrogen) atoms. The Morgan fingerprint density at radius 1 is 1.38 bits per heavy atom. The van der Waals surface area contributed by atoms with Crippen molar-refractivity contribution in [2.24, 2.45) is 0 Å². The summed E-state index contributed by atoms with van der Waals surface area (Å²) < 4.78 is 12.8. The van der Waals surface area contributed by atoms with E-state index in [1.807, 2.05) is 0 Å². The molecule has 1 aromatic rings. The molecule has 1 saturated heterocycles. The molecule has 2 N–H and O–H groups in total. The molecule has 1 fully saturated rings. The molecule has 0 radical (unpaired) electrons. The van der Waals surface area contributed by atoms with E-state index >= 15 is 0 Å². The molecule has 114 valence electrons. The van der Waals surface area contributed by atoms with Crippen LogP contribution in [0.15, 0.2) is 30.5 Å². The van der Waals surface area contributed by atoms with Crippen molar-refractivity contribution in [3.8, 4) is 0 Å². The summed E-state index contributed by atoms with van der Waals surface area (Å²) in [6.07, 6.45) is 6.95. The Balaban J connectivity index is 1.89. The van der Waals surface area contributed by atoms with Crippen LogP contribution in [0.25, 0.3) is 6.08 Å². The Morgan fingerprint density at radius 2 is 2.14 bits per heavy atom. The number of halogens is 1. The fourth-order valence-corrected chi connectivity index (χ4v) is 2.58. The fraction of sp³-hybridized carbons (Fsp3) is 0.438. The average molecular weight is 292 g/mol. The number of rotatable bonds is 4. The van der Waals surface area contributed by atoms with E-state index in [4.69, 9.17) is 5.11 Å². The highest BCUT2D eigenvalue weighted by atomic mass is 19.1. The lowest BCUT2D eigenvalue weighted by Gasteiger charge is -2.35. The maximum atomic E-state index is 12.8. The van der Waals surface area contributed by atoms with Crippen LogP contribution in [-0.2, 0) is 0 Å².